The van der Waals surface area contributed by atoms with Gasteiger partial charge in [0.15, 0.2) is 0 Å². The number of carbonyl (C=O) groups excluding carboxylic acids is 2. The zero-order valence-corrected chi connectivity index (χ0v) is 17.0. The fraction of sp³-hybridized carbons (Fsp3) is 0.263. The molecule has 2 fully saturated rings. The molecule has 0 bridgehead atoms. The lowest BCUT2D eigenvalue weighted by atomic mass is 10.2. The average molecular weight is 467 g/mol. The number of benzene rings is 2. The van der Waals surface area contributed by atoms with Crippen LogP contribution in [0.1, 0.15) is 19.3 Å². The Labute approximate surface area is 170 Å². The van der Waals surface area contributed by atoms with Crippen molar-refractivity contribution < 1.29 is 22.4 Å². The van der Waals surface area contributed by atoms with Crippen LogP contribution in [0.3, 0.4) is 0 Å². The van der Waals surface area contributed by atoms with E-state index < -0.39 is 33.7 Å². The monoisotopic (exact) mass is 466 g/mol. The minimum Gasteiger partial charge on any atom is -0.274 e. The summed E-state index contributed by atoms with van der Waals surface area (Å²) in [6, 6.07) is 9.70. The molecule has 1 saturated heterocycles. The molecule has 9 heteroatoms. The van der Waals surface area contributed by atoms with Crippen molar-refractivity contribution in [1.82, 2.24) is 4.31 Å². The summed E-state index contributed by atoms with van der Waals surface area (Å²) in [5.74, 6) is -1.56. The van der Waals surface area contributed by atoms with Crippen molar-refractivity contribution >= 4 is 43.5 Å². The van der Waals surface area contributed by atoms with E-state index >= 15 is 0 Å². The van der Waals surface area contributed by atoms with E-state index in [2.05, 4.69) is 15.9 Å². The molecule has 0 spiro atoms. The lowest BCUT2D eigenvalue weighted by Crippen LogP contribution is -2.46. The normalized spacial score (nSPS) is 20.2. The molecular formula is C19H16BrFN2O4S. The van der Waals surface area contributed by atoms with Crippen LogP contribution in [0, 0.1) is 5.82 Å². The Bertz CT molecular complexity index is 1040. The molecule has 4 rings (SSSR count). The Morgan fingerprint density at radius 1 is 1.00 bits per heavy atom. The molecule has 0 radical (unpaired) electrons. The van der Waals surface area contributed by atoms with Gasteiger partial charge in [-0.05, 0) is 61.4 Å². The Morgan fingerprint density at radius 2 is 1.61 bits per heavy atom. The van der Waals surface area contributed by atoms with Gasteiger partial charge in [-0.25, -0.2) is 17.7 Å². The SMILES string of the molecule is O=C1CC(N(C2CC2)S(=O)(=O)c2ccc(F)cc2)C(=O)N1c1ccc(Br)cc1. The molecule has 28 heavy (non-hydrogen) atoms. The summed E-state index contributed by atoms with van der Waals surface area (Å²) in [6.45, 7) is 0. The number of imide groups is 1. The molecular weight excluding hydrogens is 451 g/mol. The molecule has 146 valence electrons. The Balaban J connectivity index is 1.69. The fourth-order valence-electron chi connectivity index (χ4n) is 3.35. The third-order valence-electron chi connectivity index (χ3n) is 4.81. The molecule has 2 aliphatic rings. The first-order valence-corrected chi connectivity index (χ1v) is 10.9. The highest BCUT2D eigenvalue weighted by molar-refractivity contribution is 9.10. The first-order chi connectivity index (χ1) is 13.3. The standard InChI is InChI=1S/C19H16BrFN2O4S/c20-12-1-5-14(6-2-12)22-18(24)11-17(19(22)25)23(15-7-8-15)28(26,27)16-9-3-13(21)4-10-16/h1-6,9-10,15,17H,7-8,11H2. The summed E-state index contributed by atoms with van der Waals surface area (Å²) < 4.78 is 41.5. The van der Waals surface area contributed by atoms with Crippen LogP contribution in [0.5, 0.6) is 0 Å². The van der Waals surface area contributed by atoms with Gasteiger partial charge < -0.3 is 0 Å². The molecule has 0 N–H and O–H groups in total. The smallest absolute Gasteiger partial charge is 0.252 e. The number of sulfonamides is 1. The Morgan fingerprint density at radius 3 is 2.18 bits per heavy atom. The molecule has 1 saturated carbocycles. The third kappa shape index (κ3) is 3.38. The fourth-order valence-corrected chi connectivity index (χ4v) is 5.44. The van der Waals surface area contributed by atoms with E-state index in [9.17, 15) is 22.4 Å². The number of rotatable bonds is 5. The number of nitrogens with zero attached hydrogens (tertiary/aromatic N) is 2. The number of hydrogen-bond donors (Lipinski definition) is 0. The minimum atomic E-state index is -4.05. The summed E-state index contributed by atoms with van der Waals surface area (Å²) in [7, 11) is -4.05. The maximum absolute atomic E-state index is 13.2. The van der Waals surface area contributed by atoms with E-state index in [0.717, 1.165) is 25.8 Å². The van der Waals surface area contributed by atoms with Crippen LogP contribution in [0.2, 0.25) is 0 Å². The van der Waals surface area contributed by atoms with Crippen molar-refractivity contribution in [1.29, 1.82) is 0 Å². The number of halogens is 2. The Kier molecular flexibility index (Phi) is 4.84. The van der Waals surface area contributed by atoms with Crippen LogP contribution in [0.25, 0.3) is 0 Å². The van der Waals surface area contributed by atoms with Crippen LogP contribution < -0.4 is 4.90 Å². The second-order valence-corrected chi connectivity index (χ2v) is 9.54. The van der Waals surface area contributed by atoms with E-state index in [4.69, 9.17) is 0 Å². The second-order valence-electron chi connectivity index (χ2n) is 6.78. The highest BCUT2D eigenvalue weighted by Crippen LogP contribution is 2.38. The Hall–Kier alpha value is -2.10. The van der Waals surface area contributed by atoms with Crippen molar-refractivity contribution in [2.24, 2.45) is 0 Å². The van der Waals surface area contributed by atoms with E-state index in [1.807, 2.05) is 0 Å². The number of anilines is 1. The largest absolute Gasteiger partial charge is 0.274 e. The van der Waals surface area contributed by atoms with E-state index in [1.54, 1.807) is 24.3 Å². The van der Waals surface area contributed by atoms with Crippen molar-refractivity contribution in [3.05, 3.63) is 58.8 Å². The average Bonchev–Trinajstić information content (AvgIpc) is 3.43. The molecule has 2 amide bonds. The van der Waals surface area contributed by atoms with Crippen LogP contribution in [-0.2, 0) is 19.6 Å². The quantitative estimate of drug-likeness (QED) is 0.634. The molecule has 0 aromatic heterocycles. The predicted octanol–water partition coefficient (Wildman–Crippen LogP) is 3.07. The third-order valence-corrected chi connectivity index (χ3v) is 7.31. The van der Waals surface area contributed by atoms with Gasteiger partial charge in [-0.2, -0.15) is 4.31 Å². The zero-order valence-electron chi connectivity index (χ0n) is 14.6. The van der Waals surface area contributed by atoms with Crippen LogP contribution in [0.4, 0.5) is 10.1 Å². The summed E-state index contributed by atoms with van der Waals surface area (Å²) >= 11 is 3.30. The van der Waals surface area contributed by atoms with Gasteiger partial charge in [-0.3, -0.25) is 9.59 Å². The molecule has 1 unspecified atom stereocenters. The lowest BCUT2D eigenvalue weighted by molar-refractivity contribution is -0.122. The number of carbonyl (C=O) groups is 2. The zero-order chi connectivity index (χ0) is 20.1. The number of hydrogen-bond acceptors (Lipinski definition) is 4. The van der Waals surface area contributed by atoms with E-state index in [1.165, 1.54) is 12.1 Å². The highest BCUT2D eigenvalue weighted by atomic mass is 79.9. The molecule has 1 atom stereocenters. The van der Waals surface area contributed by atoms with Crippen LogP contribution in [-0.4, -0.2) is 36.6 Å². The van der Waals surface area contributed by atoms with Gasteiger partial charge in [-0.15, -0.1) is 0 Å². The predicted molar refractivity (Wildman–Crippen MR) is 103 cm³/mol. The van der Waals surface area contributed by atoms with Gasteiger partial charge in [0.25, 0.3) is 5.91 Å². The molecule has 1 heterocycles. The van der Waals surface area contributed by atoms with Crippen LogP contribution in [0.15, 0.2) is 57.9 Å². The maximum atomic E-state index is 13.2. The van der Waals surface area contributed by atoms with Gasteiger partial charge in [0.2, 0.25) is 15.9 Å². The molecule has 6 nitrogen and oxygen atoms in total. The maximum Gasteiger partial charge on any atom is 0.252 e. The summed E-state index contributed by atoms with van der Waals surface area (Å²) in [6.07, 6.45) is 1.03. The van der Waals surface area contributed by atoms with Gasteiger partial charge >= 0.3 is 0 Å². The van der Waals surface area contributed by atoms with Crippen molar-refractivity contribution in [2.45, 2.75) is 36.2 Å². The number of amides is 2. The minimum absolute atomic E-state index is 0.0943. The van der Waals surface area contributed by atoms with E-state index in [-0.39, 0.29) is 17.4 Å². The summed E-state index contributed by atoms with van der Waals surface area (Å²) in [4.78, 5) is 26.5. The summed E-state index contributed by atoms with van der Waals surface area (Å²) in [5.41, 5.74) is 0.399. The van der Waals surface area contributed by atoms with Crippen molar-refractivity contribution in [3.8, 4) is 0 Å². The topological polar surface area (TPSA) is 74.8 Å². The molecule has 1 aliphatic carbocycles. The van der Waals surface area contributed by atoms with Gasteiger partial charge in [0.05, 0.1) is 17.0 Å². The van der Waals surface area contributed by atoms with Crippen molar-refractivity contribution in [2.75, 3.05) is 4.90 Å². The van der Waals surface area contributed by atoms with Gasteiger partial charge in [-0.1, -0.05) is 15.9 Å². The molecule has 1 aliphatic heterocycles. The molecule has 2 aromatic carbocycles. The first kappa shape index (κ1) is 19.2. The van der Waals surface area contributed by atoms with Crippen molar-refractivity contribution in [3.63, 3.8) is 0 Å². The van der Waals surface area contributed by atoms with Crippen LogP contribution >= 0.6 is 15.9 Å². The second kappa shape index (κ2) is 7.06. The van der Waals surface area contributed by atoms with Gasteiger partial charge in [0.1, 0.15) is 11.9 Å². The first-order valence-electron chi connectivity index (χ1n) is 8.70. The molecule has 2 aromatic rings. The van der Waals surface area contributed by atoms with E-state index in [0.29, 0.717) is 18.5 Å². The van der Waals surface area contributed by atoms with Gasteiger partial charge in [0, 0.05) is 10.5 Å². The highest BCUT2D eigenvalue weighted by Gasteiger charge is 2.51. The lowest BCUT2D eigenvalue weighted by Gasteiger charge is -2.26. The summed E-state index contributed by atoms with van der Waals surface area (Å²) in [5, 5.41) is 0.